The molecule has 2 N–H and O–H groups in total. The molecule has 9 heteroatoms. The molecule has 0 aliphatic carbocycles. The first-order valence-electron chi connectivity index (χ1n) is 5.73. The van der Waals surface area contributed by atoms with Crippen LogP contribution in [0, 0.1) is 0 Å². The zero-order chi connectivity index (χ0) is 14.5. The van der Waals surface area contributed by atoms with E-state index in [-0.39, 0.29) is 17.5 Å². The zero-order valence-electron chi connectivity index (χ0n) is 11.3. The van der Waals surface area contributed by atoms with Crippen molar-refractivity contribution in [1.82, 2.24) is 24.5 Å². The highest BCUT2D eigenvalue weighted by atomic mass is 32.2. The quantitative estimate of drug-likeness (QED) is 0.629. The van der Waals surface area contributed by atoms with E-state index in [2.05, 4.69) is 15.0 Å². The maximum atomic E-state index is 11.8. The van der Waals surface area contributed by atoms with Crippen LogP contribution in [0.1, 0.15) is 0 Å². The molecular formula is C10H19N5O3S. The van der Waals surface area contributed by atoms with Crippen LogP contribution in [-0.2, 0) is 21.9 Å². The minimum absolute atomic E-state index is 0.0966. The lowest BCUT2D eigenvalue weighted by molar-refractivity contribution is -0.128. The summed E-state index contributed by atoms with van der Waals surface area (Å²) in [6.45, 7) is 0.884. The van der Waals surface area contributed by atoms with E-state index in [4.69, 9.17) is 0 Å². The van der Waals surface area contributed by atoms with Crippen molar-refractivity contribution in [2.45, 2.75) is 5.03 Å². The largest absolute Gasteiger partial charge is 0.343 e. The maximum absolute atomic E-state index is 11.8. The molecule has 0 bridgehead atoms. The molecule has 19 heavy (non-hydrogen) atoms. The number of imidazole rings is 1. The van der Waals surface area contributed by atoms with Gasteiger partial charge in [-0.3, -0.25) is 4.79 Å². The second-order valence-electron chi connectivity index (χ2n) is 4.12. The van der Waals surface area contributed by atoms with E-state index in [0.717, 1.165) is 0 Å². The van der Waals surface area contributed by atoms with E-state index in [1.165, 1.54) is 22.0 Å². The lowest BCUT2D eigenvalue weighted by Gasteiger charge is -2.16. The summed E-state index contributed by atoms with van der Waals surface area (Å²) in [7, 11) is 1.34. The molecule has 0 spiro atoms. The number of amides is 1. The number of hydrogen-bond acceptors (Lipinski definition) is 5. The third kappa shape index (κ3) is 4.62. The van der Waals surface area contributed by atoms with Crippen molar-refractivity contribution in [3.05, 3.63) is 12.5 Å². The molecule has 0 saturated carbocycles. The Morgan fingerprint density at radius 2 is 2.21 bits per heavy atom. The van der Waals surface area contributed by atoms with E-state index < -0.39 is 10.0 Å². The summed E-state index contributed by atoms with van der Waals surface area (Å²) >= 11 is 0. The Hall–Kier alpha value is -1.45. The summed E-state index contributed by atoms with van der Waals surface area (Å²) in [6, 6.07) is 0. The summed E-state index contributed by atoms with van der Waals surface area (Å²) in [5.41, 5.74) is 0. The fraction of sp³-hybridized carbons (Fsp3) is 0.600. The first-order chi connectivity index (χ1) is 8.86. The number of likely N-dealkylation sites (N-methyl/N-ethyl adjacent to an activating group) is 2. The second kappa shape index (κ2) is 6.64. The van der Waals surface area contributed by atoms with Gasteiger partial charge in [-0.05, 0) is 7.05 Å². The van der Waals surface area contributed by atoms with Gasteiger partial charge in [-0.1, -0.05) is 0 Å². The van der Waals surface area contributed by atoms with Crippen molar-refractivity contribution in [3.8, 4) is 0 Å². The van der Waals surface area contributed by atoms with Gasteiger partial charge in [-0.25, -0.2) is 18.1 Å². The van der Waals surface area contributed by atoms with Crippen molar-refractivity contribution >= 4 is 15.9 Å². The third-order valence-electron chi connectivity index (χ3n) is 2.49. The van der Waals surface area contributed by atoms with Crippen molar-refractivity contribution in [2.75, 3.05) is 33.7 Å². The van der Waals surface area contributed by atoms with Crippen LogP contribution >= 0.6 is 0 Å². The van der Waals surface area contributed by atoms with Gasteiger partial charge in [-0.2, -0.15) is 0 Å². The fourth-order valence-corrected chi connectivity index (χ4v) is 2.25. The van der Waals surface area contributed by atoms with Crippen molar-refractivity contribution in [1.29, 1.82) is 0 Å². The Kier molecular flexibility index (Phi) is 5.45. The molecule has 8 nitrogen and oxygen atoms in total. The molecule has 1 aromatic rings. The van der Waals surface area contributed by atoms with Gasteiger partial charge >= 0.3 is 0 Å². The van der Waals surface area contributed by atoms with Crippen LogP contribution in [0.4, 0.5) is 0 Å². The number of aryl methyl sites for hydroxylation is 1. The molecular weight excluding hydrogens is 270 g/mol. The monoisotopic (exact) mass is 289 g/mol. The molecule has 0 radical (unpaired) electrons. The van der Waals surface area contributed by atoms with Crippen LogP contribution in [0.3, 0.4) is 0 Å². The summed E-state index contributed by atoms with van der Waals surface area (Å²) in [4.78, 5) is 16.9. The van der Waals surface area contributed by atoms with E-state index in [0.29, 0.717) is 13.1 Å². The summed E-state index contributed by atoms with van der Waals surface area (Å²) in [6.07, 6.45) is 2.76. The smallest absolute Gasteiger partial charge is 0.260 e. The molecule has 1 heterocycles. The normalized spacial score (nSPS) is 11.5. The third-order valence-corrected chi connectivity index (χ3v) is 3.78. The van der Waals surface area contributed by atoms with Crippen LogP contribution in [-0.4, -0.2) is 62.5 Å². The number of carbonyl (C=O) groups excluding carboxylic acids is 1. The predicted molar refractivity (Wildman–Crippen MR) is 70.0 cm³/mol. The van der Waals surface area contributed by atoms with Gasteiger partial charge in [-0.15, -0.1) is 0 Å². The molecule has 0 unspecified atom stereocenters. The highest BCUT2D eigenvalue weighted by Crippen LogP contribution is 2.03. The Morgan fingerprint density at radius 3 is 2.74 bits per heavy atom. The van der Waals surface area contributed by atoms with E-state index >= 15 is 0 Å². The van der Waals surface area contributed by atoms with Crippen LogP contribution in [0.2, 0.25) is 0 Å². The SMILES string of the molecule is CNCCN(C)C(=O)CNS(=O)(=O)c1cn(C)cn1. The molecule has 1 amide bonds. The molecule has 0 atom stereocenters. The predicted octanol–water partition coefficient (Wildman–Crippen LogP) is -1.62. The van der Waals surface area contributed by atoms with Crippen LogP contribution in [0.25, 0.3) is 0 Å². The molecule has 0 fully saturated rings. The number of carbonyl (C=O) groups is 1. The van der Waals surface area contributed by atoms with Crippen LogP contribution in [0.15, 0.2) is 17.6 Å². The molecule has 108 valence electrons. The first-order valence-corrected chi connectivity index (χ1v) is 7.21. The van der Waals surface area contributed by atoms with Gasteiger partial charge in [0.25, 0.3) is 10.0 Å². The average molecular weight is 289 g/mol. The lowest BCUT2D eigenvalue weighted by atomic mass is 10.5. The Labute approximate surface area is 112 Å². The molecule has 1 aromatic heterocycles. The van der Waals surface area contributed by atoms with Crippen LogP contribution < -0.4 is 10.0 Å². The number of sulfonamides is 1. The van der Waals surface area contributed by atoms with Crippen molar-refractivity contribution in [3.63, 3.8) is 0 Å². The Bertz CT molecular complexity index is 525. The number of hydrogen-bond donors (Lipinski definition) is 2. The van der Waals surface area contributed by atoms with Crippen LogP contribution in [0.5, 0.6) is 0 Å². The average Bonchev–Trinajstić information content (AvgIpc) is 2.80. The zero-order valence-corrected chi connectivity index (χ0v) is 12.1. The fourth-order valence-electron chi connectivity index (χ4n) is 1.30. The molecule has 0 aliphatic rings. The maximum Gasteiger partial charge on any atom is 0.260 e. The number of nitrogens with one attached hydrogen (secondary N) is 2. The summed E-state index contributed by atoms with van der Waals surface area (Å²) < 4.78 is 27.4. The number of rotatable bonds is 7. The van der Waals surface area contributed by atoms with Gasteiger partial charge in [0.05, 0.1) is 12.9 Å². The highest BCUT2D eigenvalue weighted by Gasteiger charge is 2.19. The standard InChI is InChI=1S/C10H19N5O3S/c1-11-4-5-15(3)10(16)6-13-19(17,18)9-7-14(2)8-12-9/h7-8,11,13H,4-6H2,1-3H3. The van der Waals surface area contributed by atoms with Gasteiger partial charge in [0.15, 0.2) is 5.03 Å². The van der Waals surface area contributed by atoms with E-state index in [1.807, 2.05) is 0 Å². The van der Waals surface area contributed by atoms with Gasteiger partial charge in [0.1, 0.15) is 0 Å². The Morgan fingerprint density at radius 1 is 1.53 bits per heavy atom. The van der Waals surface area contributed by atoms with Crippen molar-refractivity contribution in [2.24, 2.45) is 7.05 Å². The lowest BCUT2D eigenvalue weighted by Crippen LogP contribution is -2.40. The molecule has 0 aliphatic heterocycles. The van der Waals surface area contributed by atoms with Gasteiger partial charge < -0.3 is 14.8 Å². The summed E-state index contributed by atoms with van der Waals surface area (Å²) in [5.74, 6) is -0.297. The highest BCUT2D eigenvalue weighted by molar-refractivity contribution is 7.89. The van der Waals surface area contributed by atoms with Crippen molar-refractivity contribution < 1.29 is 13.2 Å². The van der Waals surface area contributed by atoms with Gasteiger partial charge in [0.2, 0.25) is 5.91 Å². The minimum Gasteiger partial charge on any atom is -0.343 e. The molecule has 1 rings (SSSR count). The number of nitrogens with zero attached hydrogens (tertiary/aromatic N) is 3. The van der Waals surface area contributed by atoms with E-state index in [9.17, 15) is 13.2 Å². The molecule has 0 saturated heterocycles. The van der Waals surface area contributed by atoms with Gasteiger partial charge in [0, 0.05) is 33.4 Å². The second-order valence-corrected chi connectivity index (χ2v) is 5.83. The van der Waals surface area contributed by atoms with E-state index in [1.54, 1.807) is 21.1 Å². The Balaban J connectivity index is 2.54. The topological polar surface area (TPSA) is 96.3 Å². The first kappa shape index (κ1) is 15.6. The molecule has 0 aromatic carbocycles. The number of aromatic nitrogens is 2. The minimum atomic E-state index is -3.73. The summed E-state index contributed by atoms with van der Waals surface area (Å²) in [5, 5.41) is 2.81.